The number of nitrogens with one attached hydrogen (secondary N) is 1. The smallest absolute Gasteiger partial charge is 0.308 e. The fourth-order valence-corrected chi connectivity index (χ4v) is 3.49. The molecular formula is C19H25N3O5S. The molecule has 1 aromatic carbocycles. The van der Waals surface area contributed by atoms with Crippen LogP contribution in [0.3, 0.4) is 0 Å². The molecule has 1 aliphatic rings. The van der Waals surface area contributed by atoms with E-state index in [-0.39, 0.29) is 31.3 Å². The lowest BCUT2D eigenvalue weighted by atomic mass is 10.2. The molecule has 0 aliphatic carbocycles. The van der Waals surface area contributed by atoms with E-state index < -0.39 is 18.5 Å². The second-order valence-corrected chi connectivity index (χ2v) is 7.33. The predicted octanol–water partition coefficient (Wildman–Crippen LogP) is 1.04. The molecule has 0 saturated carbocycles. The lowest BCUT2D eigenvalue weighted by molar-refractivity contribution is -0.151. The Bertz CT molecular complexity index is 740. The Morgan fingerprint density at radius 2 is 2.04 bits per heavy atom. The zero-order valence-electron chi connectivity index (χ0n) is 16.1. The van der Waals surface area contributed by atoms with Gasteiger partial charge in [-0.1, -0.05) is 19.1 Å². The first kappa shape index (κ1) is 21.7. The van der Waals surface area contributed by atoms with Gasteiger partial charge in [-0.25, -0.2) is 0 Å². The third-order valence-corrected chi connectivity index (χ3v) is 5.13. The number of hydrogen-bond acceptors (Lipinski definition) is 6. The molecule has 1 aromatic rings. The summed E-state index contributed by atoms with van der Waals surface area (Å²) in [7, 11) is 1.47. The normalized spacial score (nSPS) is 12.9. The molecule has 152 valence electrons. The van der Waals surface area contributed by atoms with Crippen LogP contribution in [0, 0.1) is 0 Å². The summed E-state index contributed by atoms with van der Waals surface area (Å²) in [5, 5.41) is 2.67. The van der Waals surface area contributed by atoms with E-state index in [4.69, 9.17) is 4.74 Å². The van der Waals surface area contributed by atoms with Crippen LogP contribution in [-0.2, 0) is 23.9 Å². The lowest BCUT2D eigenvalue weighted by Gasteiger charge is -2.28. The highest BCUT2D eigenvalue weighted by Gasteiger charge is 2.25. The largest absolute Gasteiger partial charge is 0.456 e. The van der Waals surface area contributed by atoms with E-state index in [1.807, 2.05) is 31.2 Å². The summed E-state index contributed by atoms with van der Waals surface area (Å²) < 4.78 is 5.00. The molecule has 0 spiro atoms. The van der Waals surface area contributed by atoms with Gasteiger partial charge in [0.1, 0.15) is 0 Å². The summed E-state index contributed by atoms with van der Waals surface area (Å²) >= 11 is 1.47. The number of thioether (sulfide) groups is 1. The van der Waals surface area contributed by atoms with E-state index in [0.717, 1.165) is 17.0 Å². The summed E-state index contributed by atoms with van der Waals surface area (Å²) in [6.45, 7) is 2.15. The standard InChI is InChI=1S/C19H25N3O5S/c1-3-9-20-16(23)11-21(2)17(24)12-27-19(26)8-10-22-14-6-4-5-7-15(14)28-13-18(22)25/h4-7H,3,8-13H2,1-2H3,(H,20,23). The topological polar surface area (TPSA) is 96.0 Å². The van der Waals surface area contributed by atoms with E-state index in [1.54, 1.807) is 4.90 Å². The molecule has 9 heteroatoms. The van der Waals surface area contributed by atoms with Crippen molar-refractivity contribution in [2.75, 3.05) is 43.9 Å². The molecule has 2 rings (SSSR count). The van der Waals surface area contributed by atoms with Crippen LogP contribution in [0.4, 0.5) is 5.69 Å². The molecule has 0 unspecified atom stereocenters. The lowest BCUT2D eigenvalue weighted by Crippen LogP contribution is -2.40. The van der Waals surface area contributed by atoms with Gasteiger partial charge in [-0.3, -0.25) is 19.2 Å². The highest BCUT2D eigenvalue weighted by molar-refractivity contribution is 8.00. The molecule has 0 radical (unpaired) electrons. The number of ether oxygens (including phenoxy) is 1. The van der Waals surface area contributed by atoms with Crippen molar-refractivity contribution < 1.29 is 23.9 Å². The number of amides is 3. The van der Waals surface area contributed by atoms with Crippen LogP contribution in [0.2, 0.25) is 0 Å². The van der Waals surface area contributed by atoms with Gasteiger partial charge in [0.05, 0.1) is 24.4 Å². The average Bonchev–Trinajstić information content (AvgIpc) is 2.69. The fourth-order valence-electron chi connectivity index (χ4n) is 2.55. The van der Waals surface area contributed by atoms with Gasteiger partial charge < -0.3 is 19.9 Å². The first-order valence-electron chi connectivity index (χ1n) is 9.10. The first-order valence-corrected chi connectivity index (χ1v) is 10.1. The molecule has 0 bridgehead atoms. The van der Waals surface area contributed by atoms with Crippen LogP contribution in [0.5, 0.6) is 0 Å². The van der Waals surface area contributed by atoms with Crippen LogP contribution in [-0.4, -0.2) is 67.6 Å². The van der Waals surface area contributed by atoms with Crippen molar-refractivity contribution in [1.29, 1.82) is 0 Å². The Labute approximate surface area is 168 Å². The Hall–Kier alpha value is -2.55. The second kappa shape index (κ2) is 10.7. The van der Waals surface area contributed by atoms with Crippen LogP contribution in [0.25, 0.3) is 0 Å². The number of benzene rings is 1. The summed E-state index contributed by atoms with van der Waals surface area (Å²) in [6.07, 6.45) is 0.794. The molecule has 0 saturated heterocycles. The van der Waals surface area contributed by atoms with Crippen molar-refractivity contribution >= 4 is 41.1 Å². The van der Waals surface area contributed by atoms with Crippen molar-refractivity contribution in [2.45, 2.75) is 24.7 Å². The van der Waals surface area contributed by atoms with Crippen molar-refractivity contribution in [1.82, 2.24) is 10.2 Å². The summed E-state index contributed by atoms with van der Waals surface area (Å²) in [5.74, 6) is -1.03. The van der Waals surface area contributed by atoms with Crippen LogP contribution >= 0.6 is 11.8 Å². The van der Waals surface area contributed by atoms with Crippen LogP contribution in [0.15, 0.2) is 29.2 Å². The number of fused-ring (bicyclic) bond motifs is 1. The molecule has 0 atom stereocenters. The molecular weight excluding hydrogens is 382 g/mol. The predicted molar refractivity (Wildman–Crippen MR) is 106 cm³/mol. The van der Waals surface area contributed by atoms with E-state index in [2.05, 4.69) is 5.32 Å². The van der Waals surface area contributed by atoms with Gasteiger partial charge in [-0.2, -0.15) is 0 Å². The maximum absolute atomic E-state index is 12.2. The molecule has 0 aromatic heterocycles. The fraction of sp³-hybridized carbons (Fsp3) is 0.474. The monoisotopic (exact) mass is 407 g/mol. The number of anilines is 1. The maximum atomic E-state index is 12.2. The highest BCUT2D eigenvalue weighted by Crippen LogP contribution is 2.34. The Balaban J connectivity index is 1.76. The van der Waals surface area contributed by atoms with E-state index >= 15 is 0 Å². The number of likely N-dealkylation sites (N-methyl/N-ethyl adjacent to an activating group) is 1. The van der Waals surface area contributed by atoms with Crippen LogP contribution in [0.1, 0.15) is 19.8 Å². The maximum Gasteiger partial charge on any atom is 0.308 e. The van der Waals surface area contributed by atoms with Gasteiger partial charge in [0.15, 0.2) is 6.61 Å². The molecule has 8 nitrogen and oxygen atoms in total. The van der Waals surface area contributed by atoms with Gasteiger partial charge in [-0.05, 0) is 18.6 Å². The average molecular weight is 407 g/mol. The van der Waals surface area contributed by atoms with E-state index in [9.17, 15) is 19.2 Å². The molecule has 1 N–H and O–H groups in total. The SMILES string of the molecule is CCCNC(=O)CN(C)C(=O)COC(=O)CCN1C(=O)CSc2ccccc21. The van der Waals surface area contributed by atoms with Crippen molar-refractivity contribution in [3.63, 3.8) is 0 Å². The molecule has 1 aliphatic heterocycles. The number of rotatable bonds is 9. The van der Waals surface area contributed by atoms with Gasteiger partial charge in [-0.15, -0.1) is 11.8 Å². The van der Waals surface area contributed by atoms with E-state index in [1.165, 1.54) is 23.7 Å². The van der Waals surface area contributed by atoms with Crippen molar-refractivity contribution in [3.8, 4) is 0 Å². The Morgan fingerprint density at radius 3 is 2.79 bits per heavy atom. The van der Waals surface area contributed by atoms with Gasteiger partial charge in [0.25, 0.3) is 5.91 Å². The molecule has 3 amide bonds. The number of carbonyl (C=O) groups excluding carboxylic acids is 4. The number of para-hydroxylation sites is 1. The quantitative estimate of drug-likeness (QED) is 0.615. The molecule has 1 heterocycles. The second-order valence-electron chi connectivity index (χ2n) is 6.31. The summed E-state index contributed by atoms with van der Waals surface area (Å²) in [5.41, 5.74) is 0.783. The highest BCUT2D eigenvalue weighted by atomic mass is 32.2. The minimum absolute atomic E-state index is 0.0152. The first-order chi connectivity index (χ1) is 13.4. The van der Waals surface area contributed by atoms with Gasteiger partial charge >= 0.3 is 5.97 Å². The molecule has 28 heavy (non-hydrogen) atoms. The number of hydrogen-bond donors (Lipinski definition) is 1. The van der Waals surface area contributed by atoms with Crippen molar-refractivity contribution in [3.05, 3.63) is 24.3 Å². The van der Waals surface area contributed by atoms with Crippen molar-refractivity contribution in [2.24, 2.45) is 0 Å². The zero-order chi connectivity index (χ0) is 20.5. The van der Waals surface area contributed by atoms with Gasteiger partial charge in [0.2, 0.25) is 11.8 Å². The Kier molecular flexibility index (Phi) is 8.31. The minimum Gasteiger partial charge on any atom is -0.456 e. The molecule has 0 fully saturated rings. The van der Waals surface area contributed by atoms with Crippen LogP contribution < -0.4 is 10.2 Å². The van der Waals surface area contributed by atoms with Gasteiger partial charge in [0, 0.05) is 25.0 Å². The summed E-state index contributed by atoms with van der Waals surface area (Å²) in [4.78, 5) is 51.5. The van der Waals surface area contributed by atoms with E-state index in [0.29, 0.717) is 12.3 Å². The zero-order valence-corrected chi connectivity index (χ0v) is 16.9. The minimum atomic E-state index is -0.569. The third kappa shape index (κ3) is 6.26. The Morgan fingerprint density at radius 1 is 1.29 bits per heavy atom. The number of esters is 1. The summed E-state index contributed by atoms with van der Waals surface area (Å²) in [6, 6.07) is 7.52. The number of nitrogens with zero attached hydrogens (tertiary/aromatic N) is 2. The third-order valence-electron chi connectivity index (χ3n) is 4.08. The number of carbonyl (C=O) groups is 4.